The number of aromatic amines is 1. The summed E-state index contributed by atoms with van der Waals surface area (Å²) in [4.78, 5) is 31.1. The van der Waals surface area contributed by atoms with Gasteiger partial charge in [-0.2, -0.15) is 0 Å². The van der Waals surface area contributed by atoms with Gasteiger partial charge in [0.05, 0.1) is 0 Å². The smallest absolute Gasteiger partial charge is 0.270 e. The van der Waals surface area contributed by atoms with E-state index in [1.165, 1.54) is 16.5 Å². The van der Waals surface area contributed by atoms with Crippen molar-refractivity contribution >= 4 is 22.5 Å². The molecule has 2 aliphatic rings. The predicted molar refractivity (Wildman–Crippen MR) is 110 cm³/mol. The highest BCUT2D eigenvalue weighted by Gasteiger charge is 2.31. The molecule has 0 unspecified atom stereocenters. The van der Waals surface area contributed by atoms with E-state index < -0.39 is 0 Å². The molecule has 1 saturated heterocycles. The summed E-state index contributed by atoms with van der Waals surface area (Å²) in [5, 5.41) is 2.36. The van der Waals surface area contributed by atoms with E-state index in [4.69, 9.17) is 0 Å². The summed E-state index contributed by atoms with van der Waals surface area (Å²) in [6.45, 7) is 3.18. The topological polar surface area (TPSA) is 53.2 Å². The highest BCUT2D eigenvalue weighted by atomic mass is 16.2. The van der Waals surface area contributed by atoms with Crippen molar-refractivity contribution in [1.82, 2.24) is 9.88 Å². The molecule has 1 amide bonds. The predicted octanol–water partition coefficient (Wildman–Crippen LogP) is 4.31. The summed E-state index contributed by atoms with van der Waals surface area (Å²) in [5.41, 5.74) is 5.17. The van der Waals surface area contributed by atoms with Gasteiger partial charge in [-0.3, -0.25) is 9.59 Å². The minimum atomic E-state index is -0.132. The van der Waals surface area contributed by atoms with E-state index in [2.05, 4.69) is 29.2 Å². The van der Waals surface area contributed by atoms with Crippen LogP contribution in [0.5, 0.6) is 0 Å². The van der Waals surface area contributed by atoms with Crippen molar-refractivity contribution < 1.29 is 9.59 Å². The van der Waals surface area contributed by atoms with Crippen LogP contribution in [0.4, 0.5) is 0 Å². The van der Waals surface area contributed by atoms with Gasteiger partial charge < -0.3 is 9.88 Å². The molecule has 28 heavy (non-hydrogen) atoms. The fourth-order valence-corrected chi connectivity index (χ4v) is 4.85. The van der Waals surface area contributed by atoms with E-state index in [0.29, 0.717) is 18.8 Å². The van der Waals surface area contributed by atoms with Crippen LogP contribution >= 0.6 is 0 Å². The average molecular weight is 372 g/mol. The molecular weight excluding hydrogens is 348 g/mol. The number of hydrogen-bond donors (Lipinski definition) is 1. The second-order valence-corrected chi connectivity index (χ2v) is 8.16. The minimum absolute atomic E-state index is 0.00833. The number of benzene rings is 2. The molecule has 5 rings (SSSR count). The zero-order chi connectivity index (χ0) is 19.3. The molecule has 0 radical (unpaired) electrons. The Hall–Kier alpha value is -2.88. The standard InChI is InChI=1S/C24H24N2O2/c1-15-12-21(25-13-15)24(28)26-11-3-5-18(14-26)23(27)20-10-9-17-8-7-16-4-2-6-19(20)22(16)17/h2,4,6,9-10,12-13,18,25H,3,5,7-8,11,14H2,1H3/t18-/m0/s1. The van der Waals surface area contributed by atoms with Gasteiger partial charge in [0.2, 0.25) is 0 Å². The van der Waals surface area contributed by atoms with Gasteiger partial charge in [-0.05, 0) is 66.1 Å². The molecule has 2 aromatic carbocycles. The summed E-state index contributed by atoms with van der Waals surface area (Å²) >= 11 is 0. The number of hydrogen-bond acceptors (Lipinski definition) is 2. The number of nitrogens with one attached hydrogen (secondary N) is 1. The zero-order valence-corrected chi connectivity index (χ0v) is 16.1. The van der Waals surface area contributed by atoms with Crippen molar-refractivity contribution in [3.05, 3.63) is 70.5 Å². The molecule has 1 N–H and O–H groups in total. The maximum absolute atomic E-state index is 13.4. The Morgan fingerprint density at radius 2 is 1.93 bits per heavy atom. The van der Waals surface area contributed by atoms with Crippen LogP contribution in [0, 0.1) is 12.8 Å². The lowest BCUT2D eigenvalue weighted by atomic mass is 9.87. The molecule has 1 fully saturated rings. The lowest BCUT2D eigenvalue weighted by Crippen LogP contribution is -2.42. The highest BCUT2D eigenvalue weighted by molar-refractivity contribution is 6.11. The van der Waals surface area contributed by atoms with Crippen LogP contribution < -0.4 is 0 Å². The second-order valence-electron chi connectivity index (χ2n) is 8.16. The third-order valence-electron chi connectivity index (χ3n) is 6.28. The fraction of sp³-hybridized carbons (Fsp3) is 0.333. The Morgan fingerprint density at radius 3 is 2.71 bits per heavy atom. The van der Waals surface area contributed by atoms with Gasteiger partial charge in [-0.25, -0.2) is 0 Å². The zero-order valence-electron chi connectivity index (χ0n) is 16.1. The SMILES string of the molecule is Cc1c[nH]c(C(=O)N2CCC[C@H](C(=O)c3ccc4c5c(cccc35)CC4)C2)c1. The molecule has 0 bridgehead atoms. The first-order valence-electron chi connectivity index (χ1n) is 10.1. The first-order chi connectivity index (χ1) is 13.6. The summed E-state index contributed by atoms with van der Waals surface area (Å²) in [7, 11) is 0. The fourth-order valence-electron chi connectivity index (χ4n) is 4.85. The van der Waals surface area contributed by atoms with Gasteiger partial charge in [0.25, 0.3) is 5.91 Å². The third kappa shape index (κ3) is 2.75. The number of carbonyl (C=O) groups excluding carboxylic acids is 2. The number of likely N-dealkylation sites (tertiary alicyclic amines) is 1. The molecule has 3 aromatic rings. The van der Waals surface area contributed by atoms with Gasteiger partial charge in [-0.15, -0.1) is 0 Å². The summed E-state index contributed by atoms with van der Waals surface area (Å²) < 4.78 is 0. The number of rotatable bonds is 3. The van der Waals surface area contributed by atoms with Crippen molar-refractivity contribution in [3.63, 3.8) is 0 Å². The number of Topliss-reactive ketones (excluding diaryl/α,β-unsaturated/α-hetero) is 1. The van der Waals surface area contributed by atoms with E-state index in [1.807, 2.05) is 30.2 Å². The Labute approximate surface area is 164 Å². The molecule has 1 aliphatic heterocycles. The van der Waals surface area contributed by atoms with E-state index in [1.54, 1.807) is 0 Å². The maximum Gasteiger partial charge on any atom is 0.270 e. The van der Waals surface area contributed by atoms with Gasteiger partial charge in [0.15, 0.2) is 5.78 Å². The number of carbonyl (C=O) groups is 2. The number of amides is 1. The first kappa shape index (κ1) is 17.2. The number of aromatic nitrogens is 1. The summed E-state index contributed by atoms with van der Waals surface area (Å²) in [5.74, 6) is 0.0361. The van der Waals surface area contributed by atoms with Gasteiger partial charge in [0, 0.05) is 30.8 Å². The monoisotopic (exact) mass is 372 g/mol. The number of nitrogens with zero attached hydrogens (tertiary/aromatic N) is 1. The quantitative estimate of drug-likeness (QED) is 0.697. The van der Waals surface area contributed by atoms with Crippen LogP contribution in [-0.2, 0) is 12.8 Å². The van der Waals surface area contributed by atoms with Crippen molar-refractivity contribution in [1.29, 1.82) is 0 Å². The lowest BCUT2D eigenvalue weighted by molar-refractivity contribution is 0.0633. The van der Waals surface area contributed by atoms with Crippen LogP contribution in [-0.4, -0.2) is 34.7 Å². The number of aryl methyl sites for hydroxylation is 3. The maximum atomic E-state index is 13.4. The van der Waals surface area contributed by atoms with Crippen molar-refractivity contribution in [2.24, 2.45) is 5.92 Å². The molecule has 1 aromatic heterocycles. The van der Waals surface area contributed by atoms with Crippen LogP contribution in [0.25, 0.3) is 10.8 Å². The Bertz CT molecular complexity index is 1080. The number of H-pyrrole nitrogens is 1. The highest BCUT2D eigenvalue weighted by Crippen LogP contribution is 2.34. The summed E-state index contributed by atoms with van der Waals surface area (Å²) in [6.07, 6.45) is 5.67. The van der Waals surface area contributed by atoms with Gasteiger partial charge in [0.1, 0.15) is 5.69 Å². The van der Waals surface area contributed by atoms with E-state index in [-0.39, 0.29) is 17.6 Å². The number of piperidine rings is 1. The van der Waals surface area contributed by atoms with Crippen molar-refractivity contribution in [2.75, 3.05) is 13.1 Å². The van der Waals surface area contributed by atoms with Gasteiger partial charge >= 0.3 is 0 Å². The largest absolute Gasteiger partial charge is 0.357 e. The van der Waals surface area contributed by atoms with Crippen LogP contribution in [0.3, 0.4) is 0 Å². The molecule has 0 spiro atoms. The third-order valence-corrected chi connectivity index (χ3v) is 6.28. The molecule has 4 heteroatoms. The average Bonchev–Trinajstić information content (AvgIpc) is 3.35. The number of ketones is 1. The molecule has 4 nitrogen and oxygen atoms in total. The van der Waals surface area contributed by atoms with E-state index >= 15 is 0 Å². The summed E-state index contributed by atoms with van der Waals surface area (Å²) in [6, 6.07) is 12.3. The van der Waals surface area contributed by atoms with E-state index in [0.717, 1.165) is 42.2 Å². The molecule has 1 aliphatic carbocycles. The molecule has 2 heterocycles. The van der Waals surface area contributed by atoms with Gasteiger partial charge in [-0.1, -0.05) is 30.3 Å². The Kier molecular flexibility index (Phi) is 4.08. The van der Waals surface area contributed by atoms with Crippen LogP contribution in [0.1, 0.15) is 50.4 Å². The Morgan fingerprint density at radius 1 is 1.11 bits per heavy atom. The molecule has 0 saturated carbocycles. The lowest BCUT2D eigenvalue weighted by Gasteiger charge is -2.32. The van der Waals surface area contributed by atoms with Crippen LogP contribution in [0.15, 0.2) is 42.6 Å². The van der Waals surface area contributed by atoms with E-state index in [9.17, 15) is 9.59 Å². The van der Waals surface area contributed by atoms with Crippen molar-refractivity contribution in [2.45, 2.75) is 32.6 Å². The normalized spacial score (nSPS) is 18.6. The van der Waals surface area contributed by atoms with Crippen LogP contribution in [0.2, 0.25) is 0 Å². The first-order valence-corrected chi connectivity index (χ1v) is 10.1. The Balaban J connectivity index is 1.43. The molecular formula is C24H24N2O2. The molecule has 142 valence electrons. The molecule has 1 atom stereocenters. The van der Waals surface area contributed by atoms with Crippen molar-refractivity contribution in [3.8, 4) is 0 Å². The minimum Gasteiger partial charge on any atom is -0.357 e. The second kappa shape index (κ2) is 6.62.